The molecule has 0 rings (SSSR count). The minimum Gasteiger partial charge on any atom is -0.465 e. The molecule has 0 aromatic heterocycles. The summed E-state index contributed by atoms with van der Waals surface area (Å²) in [6.07, 6.45) is 2.04. The van der Waals surface area contributed by atoms with Crippen molar-refractivity contribution < 1.29 is 9.53 Å². The molecule has 0 spiro atoms. The molecule has 0 aromatic carbocycles. The van der Waals surface area contributed by atoms with Crippen LogP contribution in [0, 0.1) is 10.8 Å². The predicted octanol–water partition coefficient (Wildman–Crippen LogP) is 3.40. The monoisotopic (exact) mass is 200 g/mol. The van der Waals surface area contributed by atoms with Gasteiger partial charge in [0.1, 0.15) is 0 Å². The molecule has 0 aliphatic rings. The molecule has 0 radical (unpaired) electrons. The highest BCUT2D eigenvalue weighted by Crippen LogP contribution is 2.21. The van der Waals surface area contributed by atoms with E-state index in [9.17, 15) is 4.79 Å². The summed E-state index contributed by atoms with van der Waals surface area (Å²) in [5, 5.41) is 0. The summed E-state index contributed by atoms with van der Waals surface area (Å²) in [5.74, 6) is -0.105. The van der Waals surface area contributed by atoms with E-state index in [0.717, 1.165) is 12.8 Å². The molecule has 0 aliphatic carbocycles. The molecule has 84 valence electrons. The first-order valence-electron chi connectivity index (χ1n) is 5.30. The van der Waals surface area contributed by atoms with Crippen LogP contribution in [0.4, 0.5) is 0 Å². The Hall–Kier alpha value is -0.530. The van der Waals surface area contributed by atoms with Gasteiger partial charge in [0.2, 0.25) is 0 Å². The van der Waals surface area contributed by atoms with Crippen LogP contribution >= 0.6 is 0 Å². The zero-order chi connectivity index (χ0) is 11.4. The van der Waals surface area contributed by atoms with Gasteiger partial charge in [-0.25, -0.2) is 0 Å². The van der Waals surface area contributed by atoms with Crippen LogP contribution in [-0.4, -0.2) is 12.6 Å². The number of hydrogen-bond donors (Lipinski definition) is 0. The van der Waals surface area contributed by atoms with Gasteiger partial charge in [0.05, 0.1) is 12.0 Å². The van der Waals surface area contributed by atoms with Crippen molar-refractivity contribution in [1.82, 2.24) is 0 Å². The molecule has 14 heavy (non-hydrogen) atoms. The molecule has 0 aliphatic heterocycles. The van der Waals surface area contributed by atoms with Crippen molar-refractivity contribution in [1.29, 1.82) is 0 Å². The number of ether oxygens (including phenoxy) is 1. The molecule has 0 N–H and O–H groups in total. The summed E-state index contributed by atoms with van der Waals surface area (Å²) in [5.41, 5.74) is -0.0458. The van der Waals surface area contributed by atoms with Crippen molar-refractivity contribution in [3.63, 3.8) is 0 Å². The zero-order valence-electron chi connectivity index (χ0n) is 10.4. The van der Waals surface area contributed by atoms with Gasteiger partial charge in [-0.1, -0.05) is 20.8 Å². The van der Waals surface area contributed by atoms with E-state index in [1.165, 1.54) is 0 Å². The third kappa shape index (κ3) is 6.93. The van der Waals surface area contributed by atoms with Crippen molar-refractivity contribution in [3.05, 3.63) is 0 Å². The lowest BCUT2D eigenvalue weighted by Gasteiger charge is -2.19. The molecule has 0 bridgehead atoms. The van der Waals surface area contributed by atoms with Crippen LogP contribution in [-0.2, 0) is 9.53 Å². The third-order valence-corrected chi connectivity index (χ3v) is 1.92. The SMILES string of the molecule is CC(C)(C)CCCOC(=O)C(C)(C)C. The molecule has 0 aromatic rings. The first-order chi connectivity index (χ1) is 6.13. The topological polar surface area (TPSA) is 26.3 Å². The average molecular weight is 200 g/mol. The summed E-state index contributed by atoms with van der Waals surface area (Å²) < 4.78 is 5.16. The molecule has 0 heterocycles. The Balaban J connectivity index is 3.62. The van der Waals surface area contributed by atoms with Gasteiger partial charge in [-0.05, 0) is 39.0 Å². The normalized spacial score (nSPS) is 12.7. The van der Waals surface area contributed by atoms with Crippen LogP contribution < -0.4 is 0 Å². The Morgan fingerprint density at radius 3 is 1.93 bits per heavy atom. The zero-order valence-corrected chi connectivity index (χ0v) is 10.4. The lowest BCUT2D eigenvalue weighted by molar-refractivity contribution is -0.153. The second kappa shape index (κ2) is 4.81. The Kier molecular flexibility index (Phi) is 4.63. The first kappa shape index (κ1) is 13.5. The van der Waals surface area contributed by atoms with Gasteiger partial charge in [0.25, 0.3) is 0 Å². The number of hydrogen-bond acceptors (Lipinski definition) is 2. The first-order valence-corrected chi connectivity index (χ1v) is 5.30. The highest BCUT2D eigenvalue weighted by Gasteiger charge is 2.22. The van der Waals surface area contributed by atoms with E-state index in [0.29, 0.717) is 12.0 Å². The summed E-state index contributed by atoms with van der Waals surface area (Å²) >= 11 is 0. The minimum absolute atomic E-state index is 0.105. The largest absolute Gasteiger partial charge is 0.465 e. The molecular weight excluding hydrogens is 176 g/mol. The molecule has 0 amide bonds. The summed E-state index contributed by atoms with van der Waals surface area (Å²) in [6, 6.07) is 0. The van der Waals surface area contributed by atoms with Crippen LogP contribution in [0.5, 0.6) is 0 Å². The van der Waals surface area contributed by atoms with Crippen molar-refractivity contribution in [2.45, 2.75) is 54.4 Å². The van der Waals surface area contributed by atoms with Crippen molar-refractivity contribution in [3.8, 4) is 0 Å². The molecule has 0 unspecified atom stereocenters. The van der Waals surface area contributed by atoms with Gasteiger partial charge in [0, 0.05) is 0 Å². The highest BCUT2D eigenvalue weighted by molar-refractivity contribution is 5.75. The maximum atomic E-state index is 11.4. The molecule has 0 fully saturated rings. The van der Waals surface area contributed by atoms with Crippen LogP contribution in [0.15, 0.2) is 0 Å². The Bertz CT molecular complexity index is 181. The lowest BCUT2D eigenvalue weighted by atomic mass is 9.91. The fourth-order valence-electron chi connectivity index (χ4n) is 0.984. The predicted molar refractivity (Wildman–Crippen MR) is 59.1 cm³/mol. The third-order valence-electron chi connectivity index (χ3n) is 1.92. The van der Waals surface area contributed by atoms with E-state index in [1.807, 2.05) is 20.8 Å². The van der Waals surface area contributed by atoms with Gasteiger partial charge in [0.15, 0.2) is 0 Å². The lowest BCUT2D eigenvalue weighted by Crippen LogP contribution is -2.23. The standard InChI is InChI=1S/C12H24O2/c1-11(2,3)8-7-9-14-10(13)12(4,5)6/h7-9H2,1-6H3. The quantitative estimate of drug-likeness (QED) is 0.515. The van der Waals surface area contributed by atoms with Gasteiger partial charge in [-0.15, -0.1) is 0 Å². The van der Waals surface area contributed by atoms with E-state index >= 15 is 0 Å². The molecule has 0 saturated carbocycles. The van der Waals surface area contributed by atoms with Crippen molar-refractivity contribution >= 4 is 5.97 Å². The highest BCUT2D eigenvalue weighted by atomic mass is 16.5. The number of rotatable bonds is 3. The van der Waals surface area contributed by atoms with Crippen molar-refractivity contribution in [2.75, 3.05) is 6.61 Å². The van der Waals surface area contributed by atoms with Gasteiger partial charge in [-0.2, -0.15) is 0 Å². The fourth-order valence-corrected chi connectivity index (χ4v) is 0.984. The summed E-state index contributed by atoms with van der Waals surface area (Å²) in [4.78, 5) is 11.4. The molecule has 2 nitrogen and oxygen atoms in total. The van der Waals surface area contributed by atoms with Crippen LogP contribution in [0.25, 0.3) is 0 Å². The van der Waals surface area contributed by atoms with Gasteiger partial charge >= 0.3 is 5.97 Å². The Morgan fingerprint density at radius 2 is 1.57 bits per heavy atom. The number of carbonyl (C=O) groups excluding carboxylic acids is 1. The fraction of sp³-hybridized carbons (Fsp3) is 0.917. The smallest absolute Gasteiger partial charge is 0.311 e. The van der Waals surface area contributed by atoms with E-state index in [1.54, 1.807) is 0 Å². The van der Waals surface area contributed by atoms with E-state index in [-0.39, 0.29) is 11.4 Å². The van der Waals surface area contributed by atoms with E-state index in [4.69, 9.17) is 4.74 Å². The molecule has 0 atom stereocenters. The average Bonchev–Trinajstić information content (AvgIpc) is 1.93. The van der Waals surface area contributed by atoms with E-state index < -0.39 is 0 Å². The second-order valence-electron chi connectivity index (χ2n) is 6.05. The molecular formula is C12H24O2. The summed E-state index contributed by atoms with van der Waals surface area (Å²) in [6.45, 7) is 12.8. The molecule has 0 saturated heterocycles. The second-order valence-corrected chi connectivity index (χ2v) is 6.05. The van der Waals surface area contributed by atoms with Crippen LogP contribution in [0.3, 0.4) is 0 Å². The van der Waals surface area contributed by atoms with Crippen LogP contribution in [0.2, 0.25) is 0 Å². The van der Waals surface area contributed by atoms with Crippen molar-refractivity contribution in [2.24, 2.45) is 10.8 Å². The van der Waals surface area contributed by atoms with Crippen LogP contribution in [0.1, 0.15) is 54.4 Å². The Morgan fingerprint density at radius 1 is 1.07 bits per heavy atom. The number of esters is 1. The van der Waals surface area contributed by atoms with Gasteiger partial charge in [-0.3, -0.25) is 4.79 Å². The summed E-state index contributed by atoms with van der Waals surface area (Å²) in [7, 11) is 0. The maximum Gasteiger partial charge on any atom is 0.311 e. The Labute approximate surface area is 88.0 Å². The molecule has 2 heteroatoms. The minimum atomic E-state index is -0.373. The maximum absolute atomic E-state index is 11.4. The number of carbonyl (C=O) groups is 1. The van der Waals surface area contributed by atoms with E-state index in [2.05, 4.69) is 20.8 Å². The van der Waals surface area contributed by atoms with Gasteiger partial charge < -0.3 is 4.74 Å².